The highest BCUT2D eigenvalue weighted by Crippen LogP contribution is 2.26. The van der Waals surface area contributed by atoms with Gasteiger partial charge in [0.05, 0.1) is 18.7 Å². The van der Waals surface area contributed by atoms with Gasteiger partial charge in [-0.05, 0) is 43.3 Å². The summed E-state index contributed by atoms with van der Waals surface area (Å²) < 4.78 is 11.1. The van der Waals surface area contributed by atoms with E-state index in [-0.39, 0.29) is 11.9 Å². The molecular formula is C19H23NO3S. The second kappa shape index (κ2) is 8.31. The number of hydrogen-bond donors (Lipinski definition) is 0. The van der Waals surface area contributed by atoms with E-state index < -0.39 is 0 Å². The van der Waals surface area contributed by atoms with Gasteiger partial charge in [0.1, 0.15) is 5.75 Å². The maximum atomic E-state index is 13.3. The maximum Gasteiger partial charge on any atom is 0.258 e. The van der Waals surface area contributed by atoms with Crippen LogP contribution in [0.3, 0.4) is 0 Å². The largest absolute Gasteiger partial charge is 0.493 e. The highest BCUT2D eigenvalue weighted by atomic mass is 32.1. The van der Waals surface area contributed by atoms with Crippen LogP contribution in [0.2, 0.25) is 0 Å². The molecular weight excluding hydrogens is 322 g/mol. The molecule has 1 aliphatic rings. The summed E-state index contributed by atoms with van der Waals surface area (Å²) in [4.78, 5) is 16.5. The Morgan fingerprint density at radius 3 is 2.75 bits per heavy atom. The lowest BCUT2D eigenvalue weighted by Crippen LogP contribution is -2.43. The van der Waals surface area contributed by atoms with E-state index in [1.807, 2.05) is 42.2 Å². The molecule has 3 rings (SSSR count). The highest BCUT2D eigenvalue weighted by molar-refractivity contribution is 7.09. The Bertz CT molecular complexity index is 650. The van der Waals surface area contributed by atoms with Crippen molar-refractivity contribution in [3.05, 3.63) is 52.2 Å². The lowest BCUT2D eigenvalue weighted by Gasteiger charge is -2.34. The molecule has 1 aromatic heterocycles. The highest BCUT2D eigenvalue weighted by Gasteiger charge is 2.28. The van der Waals surface area contributed by atoms with E-state index in [2.05, 4.69) is 11.4 Å². The number of carbonyl (C=O) groups is 1. The van der Waals surface area contributed by atoms with E-state index in [1.54, 1.807) is 11.3 Å². The van der Waals surface area contributed by atoms with Gasteiger partial charge >= 0.3 is 0 Å². The molecule has 128 valence electrons. The third-order valence-electron chi connectivity index (χ3n) is 4.22. The molecule has 1 aromatic carbocycles. The fourth-order valence-corrected chi connectivity index (χ4v) is 3.72. The van der Waals surface area contributed by atoms with Crippen LogP contribution in [0, 0.1) is 0 Å². The molecule has 5 heteroatoms. The van der Waals surface area contributed by atoms with Gasteiger partial charge in [-0.1, -0.05) is 18.2 Å². The molecule has 24 heavy (non-hydrogen) atoms. The first-order valence-corrected chi connectivity index (χ1v) is 9.30. The van der Waals surface area contributed by atoms with Crippen molar-refractivity contribution < 1.29 is 14.3 Å². The molecule has 0 spiro atoms. The molecule has 0 radical (unpaired) electrons. The number of amides is 1. The lowest BCUT2D eigenvalue weighted by atomic mass is 10.0. The predicted molar refractivity (Wildman–Crippen MR) is 95.6 cm³/mol. The Labute approximate surface area is 147 Å². The van der Waals surface area contributed by atoms with Crippen molar-refractivity contribution in [3.63, 3.8) is 0 Å². The quantitative estimate of drug-likeness (QED) is 0.795. The summed E-state index contributed by atoms with van der Waals surface area (Å²) in [7, 11) is 0. The van der Waals surface area contributed by atoms with E-state index in [0.29, 0.717) is 37.7 Å². The average Bonchev–Trinajstić information content (AvgIpc) is 3.14. The van der Waals surface area contributed by atoms with E-state index in [4.69, 9.17) is 9.47 Å². The molecule has 0 N–H and O–H groups in total. The van der Waals surface area contributed by atoms with Crippen molar-refractivity contribution in [1.29, 1.82) is 0 Å². The molecule has 0 bridgehead atoms. The van der Waals surface area contributed by atoms with Gasteiger partial charge in [-0.3, -0.25) is 4.79 Å². The summed E-state index contributed by atoms with van der Waals surface area (Å²) in [5.41, 5.74) is 0.641. The number of nitrogens with zero attached hydrogens (tertiary/aromatic N) is 1. The fourth-order valence-electron chi connectivity index (χ4n) is 3.01. The van der Waals surface area contributed by atoms with Crippen LogP contribution in [-0.4, -0.2) is 36.7 Å². The third kappa shape index (κ3) is 3.97. The Balaban J connectivity index is 1.87. The fraction of sp³-hybridized carbons (Fsp3) is 0.421. The number of thiophene rings is 1. The van der Waals surface area contributed by atoms with E-state index in [0.717, 1.165) is 12.8 Å². The van der Waals surface area contributed by atoms with Gasteiger partial charge in [-0.15, -0.1) is 11.3 Å². The second-order valence-corrected chi connectivity index (χ2v) is 6.82. The van der Waals surface area contributed by atoms with Crippen molar-refractivity contribution in [2.75, 3.05) is 19.8 Å². The first-order valence-electron chi connectivity index (χ1n) is 8.42. The molecule has 1 amide bonds. The van der Waals surface area contributed by atoms with Gasteiger partial charge in [0.2, 0.25) is 0 Å². The monoisotopic (exact) mass is 345 g/mol. The normalized spacial score (nSPS) is 15.2. The molecule has 0 unspecified atom stereocenters. The van der Waals surface area contributed by atoms with Crippen LogP contribution in [0.1, 0.15) is 35.0 Å². The number of benzene rings is 1. The Hall–Kier alpha value is -1.85. The zero-order valence-electron chi connectivity index (χ0n) is 13.9. The summed E-state index contributed by atoms with van der Waals surface area (Å²) >= 11 is 1.69. The molecule has 2 heterocycles. The Morgan fingerprint density at radius 2 is 2.04 bits per heavy atom. The molecule has 1 saturated heterocycles. The smallest absolute Gasteiger partial charge is 0.258 e. The summed E-state index contributed by atoms with van der Waals surface area (Å²) in [6.07, 6.45) is 1.77. The Kier molecular flexibility index (Phi) is 5.88. The maximum absolute atomic E-state index is 13.3. The van der Waals surface area contributed by atoms with Crippen LogP contribution in [0.5, 0.6) is 5.75 Å². The van der Waals surface area contributed by atoms with Crippen LogP contribution < -0.4 is 4.74 Å². The van der Waals surface area contributed by atoms with Crippen LogP contribution in [0.25, 0.3) is 0 Å². The van der Waals surface area contributed by atoms with E-state index in [1.165, 1.54) is 4.88 Å². The van der Waals surface area contributed by atoms with Crippen molar-refractivity contribution in [1.82, 2.24) is 4.90 Å². The van der Waals surface area contributed by atoms with Gasteiger partial charge in [0.25, 0.3) is 5.91 Å². The van der Waals surface area contributed by atoms with Crippen LogP contribution in [0.15, 0.2) is 41.8 Å². The number of ether oxygens (including phenoxy) is 2. The molecule has 0 saturated carbocycles. The van der Waals surface area contributed by atoms with Gasteiger partial charge in [0, 0.05) is 24.1 Å². The van der Waals surface area contributed by atoms with Crippen molar-refractivity contribution in [2.45, 2.75) is 32.4 Å². The minimum absolute atomic E-state index is 0.0411. The number of para-hydroxylation sites is 1. The number of rotatable bonds is 6. The molecule has 0 aliphatic carbocycles. The molecule has 1 fully saturated rings. The van der Waals surface area contributed by atoms with Gasteiger partial charge in [-0.2, -0.15) is 0 Å². The molecule has 1 aliphatic heterocycles. The standard InChI is InChI=1S/C19H23NO3S/c1-2-23-18-8-4-3-7-17(18)19(21)20(14-16-6-5-13-24-16)15-9-11-22-12-10-15/h3-8,13,15H,2,9-12,14H2,1H3. The van der Waals surface area contributed by atoms with Crippen molar-refractivity contribution in [3.8, 4) is 5.75 Å². The zero-order chi connectivity index (χ0) is 16.8. The minimum Gasteiger partial charge on any atom is -0.493 e. The van der Waals surface area contributed by atoms with Crippen LogP contribution >= 0.6 is 11.3 Å². The minimum atomic E-state index is 0.0411. The van der Waals surface area contributed by atoms with E-state index in [9.17, 15) is 4.79 Å². The molecule has 2 aromatic rings. The van der Waals surface area contributed by atoms with Crippen molar-refractivity contribution in [2.24, 2.45) is 0 Å². The summed E-state index contributed by atoms with van der Waals surface area (Å²) in [6, 6.07) is 11.8. The van der Waals surface area contributed by atoms with Crippen LogP contribution in [0.4, 0.5) is 0 Å². The first-order chi connectivity index (χ1) is 11.8. The SMILES string of the molecule is CCOc1ccccc1C(=O)N(Cc1cccs1)C1CCOCC1. The van der Waals surface area contributed by atoms with Gasteiger partial charge in [0.15, 0.2) is 0 Å². The summed E-state index contributed by atoms with van der Waals surface area (Å²) in [5.74, 6) is 0.701. The number of hydrogen-bond acceptors (Lipinski definition) is 4. The molecule has 0 atom stereocenters. The summed E-state index contributed by atoms with van der Waals surface area (Å²) in [5, 5.41) is 2.05. The second-order valence-electron chi connectivity index (χ2n) is 5.79. The molecule has 4 nitrogen and oxygen atoms in total. The summed E-state index contributed by atoms with van der Waals surface area (Å²) in [6.45, 7) is 4.55. The van der Waals surface area contributed by atoms with Gasteiger partial charge in [-0.25, -0.2) is 0 Å². The van der Waals surface area contributed by atoms with Gasteiger partial charge < -0.3 is 14.4 Å². The predicted octanol–water partition coefficient (Wildman–Crippen LogP) is 3.97. The third-order valence-corrected chi connectivity index (χ3v) is 5.08. The number of carbonyl (C=O) groups excluding carboxylic acids is 1. The van der Waals surface area contributed by atoms with E-state index >= 15 is 0 Å². The topological polar surface area (TPSA) is 38.8 Å². The zero-order valence-corrected chi connectivity index (χ0v) is 14.8. The van der Waals surface area contributed by atoms with Crippen LogP contribution in [-0.2, 0) is 11.3 Å². The van der Waals surface area contributed by atoms with Crippen molar-refractivity contribution >= 4 is 17.2 Å². The lowest BCUT2D eigenvalue weighted by molar-refractivity contribution is 0.0268. The Morgan fingerprint density at radius 1 is 1.25 bits per heavy atom. The average molecular weight is 345 g/mol. The first kappa shape index (κ1) is 17.0.